The molecule has 0 unspecified atom stereocenters. The van der Waals surface area contributed by atoms with E-state index in [4.69, 9.17) is 15.0 Å². The first-order valence-corrected chi connectivity index (χ1v) is 44.1. The highest BCUT2D eigenvalue weighted by molar-refractivity contribution is 7.00. The Hall–Kier alpha value is -12.6. The van der Waals surface area contributed by atoms with E-state index in [1.54, 1.807) is 0 Å². The molecule has 0 aliphatic carbocycles. The lowest BCUT2D eigenvalue weighted by Crippen LogP contribution is -2.61. The molecule has 3 aromatic heterocycles. The summed E-state index contributed by atoms with van der Waals surface area (Å²) in [6, 6.07) is 114. The first-order chi connectivity index (χ1) is 58.4. The third-order valence-electron chi connectivity index (χ3n) is 26.0. The lowest BCUT2D eigenvalue weighted by atomic mass is 9.33. The number of anilines is 6. The highest BCUT2D eigenvalue weighted by Gasteiger charge is 2.47. The molecule has 0 fully saturated rings. The summed E-state index contributed by atoms with van der Waals surface area (Å²) in [7, 11) is 0. The maximum absolute atomic E-state index is 5.83. The van der Waals surface area contributed by atoms with E-state index in [0.29, 0.717) is 17.5 Å². The van der Waals surface area contributed by atoms with Crippen LogP contribution in [0.3, 0.4) is 0 Å². The van der Waals surface area contributed by atoms with Gasteiger partial charge in [0.05, 0.1) is 33.4 Å². The highest BCUT2D eigenvalue weighted by Crippen LogP contribution is 2.56. The Morgan fingerprint density at radius 1 is 0.220 bits per heavy atom. The van der Waals surface area contributed by atoms with E-state index in [1.807, 2.05) is 0 Å². The molecule has 0 amide bonds. The Morgan fingerprint density at radius 2 is 0.480 bits per heavy atom. The topological polar surface area (TPSA) is 55.0 Å². The van der Waals surface area contributed by atoms with Crippen molar-refractivity contribution in [1.29, 1.82) is 0 Å². The first kappa shape index (κ1) is 80.1. The quantitative estimate of drug-likeness (QED) is 0.128. The summed E-state index contributed by atoms with van der Waals surface area (Å²) in [5.41, 5.74) is 33.5. The minimum absolute atomic E-state index is 0.0856. The van der Waals surface area contributed by atoms with Crippen molar-refractivity contribution < 1.29 is 0 Å². The molecule has 0 N–H and O–H groups in total. The van der Waals surface area contributed by atoms with Crippen molar-refractivity contribution in [2.75, 3.05) is 9.80 Å². The summed E-state index contributed by atoms with van der Waals surface area (Å²) < 4.78 is 5.12. The Bertz CT molecular complexity index is 6800. The van der Waals surface area contributed by atoms with Gasteiger partial charge in [0, 0.05) is 89.0 Å². The molecule has 0 bridgehead atoms. The highest BCUT2D eigenvalue weighted by atomic mass is 15.2. The van der Waals surface area contributed by atoms with Crippen LogP contribution in [0.2, 0.25) is 0 Å². The van der Waals surface area contributed by atoms with Gasteiger partial charge in [-0.2, -0.15) is 0 Å². The molecule has 2 aliphatic rings. The van der Waals surface area contributed by atoms with Crippen LogP contribution in [0.4, 0.5) is 34.1 Å². The number of rotatable bonds is 10. The maximum Gasteiger partial charge on any atom is 0.252 e. The van der Waals surface area contributed by atoms with Gasteiger partial charge in [-0.3, -0.25) is 0 Å². The van der Waals surface area contributed by atoms with Crippen LogP contribution in [0.1, 0.15) is 184 Å². The lowest BCUT2D eigenvalue weighted by Gasteiger charge is -2.46. The molecule has 5 heterocycles. The van der Waals surface area contributed by atoms with Gasteiger partial charge in [-0.05, 0) is 219 Å². The molecule has 17 aromatic rings. The standard InChI is InChI=1S/C115H112BN7/c1-109(2,3)76-47-55-95-88(59-76)89-60-77(110(4,5)6)48-56-96(89)120(95)83-51-53-93-99(69-83)122(104-85(71-37-27-22-28-38-71)63-80(113(13,14)15)64-86(104)72-39-29-23-30-40-72)101-67-82(115(19,20)21)68-102-103(101)116(93)94-54-52-84(121-97-57-49-78(111(7,8)9)61-90(97)91-62-79(112(10,11)12)50-58-98(91)121)70-100(94)123(102)105-87(73-41-31-24-32-42-73)65-81(114(16,17)18)66-92(105)108-118-106(74-43-33-25-34-44-74)117-107(119-108)75-45-35-26-36-46-75/h22-70H,1-21H3. The molecule has 0 radical (unpaired) electrons. The fourth-order valence-electron chi connectivity index (χ4n) is 18.9. The van der Waals surface area contributed by atoms with Crippen LogP contribution >= 0.6 is 0 Å². The van der Waals surface area contributed by atoms with Crippen molar-refractivity contribution in [3.63, 3.8) is 0 Å². The Balaban J connectivity index is 1.01. The molecule has 0 saturated carbocycles. The van der Waals surface area contributed by atoms with Crippen molar-refractivity contribution >= 4 is 101 Å². The SMILES string of the molecule is CC(C)(C)c1cc(-c2ccccc2)c(N2c3cc(-n4c5ccc(C(C)(C)C)cc5c5cc(C(C)(C)C)ccc54)ccc3B3c4ccc(-n5c6ccc(C(C)(C)C)cc6c6cc(C(C)(C)C)ccc65)cc4N(c4c(-c5ccccc5)cc(C(C)(C)C)cc4-c4nc(-c5ccccc5)nc(-c5ccccc5)n4)c4cc(C(C)(C)C)cc2c43)c(-c2ccccc2)c1. The van der Waals surface area contributed by atoms with Crippen molar-refractivity contribution in [1.82, 2.24) is 24.1 Å². The number of aromatic nitrogens is 5. The van der Waals surface area contributed by atoms with E-state index >= 15 is 0 Å². The second-order valence-corrected chi connectivity index (χ2v) is 41.8. The lowest BCUT2D eigenvalue weighted by molar-refractivity contribution is 0.590. The normalized spacial score (nSPS) is 13.4. The molecule has 19 rings (SSSR count). The Labute approximate surface area is 728 Å². The predicted octanol–water partition coefficient (Wildman–Crippen LogP) is 29.2. The zero-order chi connectivity index (χ0) is 86.1. The fraction of sp³-hybridized carbons (Fsp3) is 0.243. The molecule has 123 heavy (non-hydrogen) atoms. The van der Waals surface area contributed by atoms with E-state index in [-0.39, 0.29) is 39.2 Å². The van der Waals surface area contributed by atoms with Crippen molar-refractivity contribution in [3.8, 4) is 78.9 Å². The largest absolute Gasteiger partial charge is 0.310 e. The van der Waals surface area contributed by atoms with Crippen LogP contribution in [-0.2, 0) is 37.9 Å². The van der Waals surface area contributed by atoms with Gasteiger partial charge in [-0.1, -0.05) is 333 Å². The van der Waals surface area contributed by atoms with Crippen molar-refractivity contribution in [3.05, 3.63) is 336 Å². The number of fused-ring (bicyclic) bond motifs is 10. The van der Waals surface area contributed by atoms with E-state index in [9.17, 15) is 0 Å². The van der Waals surface area contributed by atoms with E-state index in [2.05, 4.69) is 462 Å². The first-order valence-electron chi connectivity index (χ1n) is 44.1. The smallest absolute Gasteiger partial charge is 0.252 e. The van der Waals surface area contributed by atoms with Gasteiger partial charge in [0.2, 0.25) is 0 Å². The molecule has 8 heteroatoms. The predicted molar refractivity (Wildman–Crippen MR) is 526 cm³/mol. The Kier molecular flexibility index (Phi) is 18.9. The zero-order valence-electron chi connectivity index (χ0n) is 75.5. The number of hydrogen-bond acceptors (Lipinski definition) is 5. The summed E-state index contributed by atoms with van der Waals surface area (Å²) in [4.78, 5) is 22.5. The monoisotopic (exact) mass is 1600 g/mol. The summed E-state index contributed by atoms with van der Waals surface area (Å²) in [6.45, 7) is 49.0. The average molecular weight is 1600 g/mol. The van der Waals surface area contributed by atoms with E-state index in [0.717, 1.165) is 112 Å². The molecule has 0 saturated heterocycles. The molecule has 0 atom stereocenters. The summed E-state index contributed by atoms with van der Waals surface area (Å²) in [6.07, 6.45) is 0. The third-order valence-corrected chi connectivity index (χ3v) is 26.0. The van der Waals surface area contributed by atoms with Crippen LogP contribution < -0.4 is 26.2 Å². The van der Waals surface area contributed by atoms with E-state index in [1.165, 1.54) is 82.3 Å². The summed E-state index contributed by atoms with van der Waals surface area (Å²) in [5, 5.41) is 4.96. The van der Waals surface area contributed by atoms with Crippen molar-refractivity contribution in [2.24, 2.45) is 0 Å². The second-order valence-electron chi connectivity index (χ2n) is 41.8. The van der Waals surface area contributed by atoms with Gasteiger partial charge in [-0.25, -0.2) is 15.0 Å². The summed E-state index contributed by atoms with van der Waals surface area (Å²) >= 11 is 0. The van der Waals surface area contributed by atoms with Crippen LogP contribution in [0.15, 0.2) is 297 Å². The minimum Gasteiger partial charge on any atom is -0.310 e. The number of nitrogens with zero attached hydrogens (tertiary/aromatic N) is 7. The van der Waals surface area contributed by atoms with Gasteiger partial charge in [0.1, 0.15) is 0 Å². The van der Waals surface area contributed by atoms with Crippen LogP contribution in [0.25, 0.3) is 123 Å². The van der Waals surface area contributed by atoms with Gasteiger partial charge < -0.3 is 18.9 Å². The molecular formula is C115H112BN7. The molecule has 7 nitrogen and oxygen atoms in total. The average Bonchev–Trinajstić information content (AvgIpc) is 0.846. The molecule has 14 aromatic carbocycles. The van der Waals surface area contributed by atoms with Gasteiger partial charge in [0.15, 0.2) is 17.5 Å². The molecule has 610 valence electrons. The van der Waals surface area contributed by atoms with Crippen LogP contribution in [0, 0.1) is 0 Å². The van der Waals surface area contributed by atoms with Gasteiger partial charge >= 0.3 is 0 Å². The third kappa shape index (κ3) is 14.1. The van der Waals surface area contributed by atoms with Gasteiger partial charge in [0.25, 0.3) is 6.71 Å². The number of benzene rings is 14. The van der Waals surface area contributed by atoms with Crippen LogP contribution in [0.5, 0.6) is 0 Å². The maximum atomic E-state index is 5.83. The van der Waals surface area contributed by atoms with Crippen molar-refractivity contribution in [2.45, 2.75) is 183 Å². The van der Waals surface area contributed by atoms with Gasteiger partial charge in [-0.15, -0.1) is 0 Å². The van der Waals surface area contributed by atoms with E-state index < -0.39 is 5.41 Å². The fourth-order valence-corrected chi connectivity index (χ4v) is 18.9. The molecule has 2 aliphatic heterocycles. The zero-order valence-corrected chi connectivity index (χ0v) is 75.5. The molecular weight excluding hydrogens is 1490 g/mol. The molecule has 0 spiro atoms. The number of hydrogen-bond donors (Lipinski definition) is 0. The second kappa shape index (κ2) is 29.0. The minimum atomic E-state index is -0.421. The Morgan fingerprint density at radius 3 is 0.772 bits per heavy atom. The summed E-state index contributed by atoms with van der Waals surface area (Å²) in [5.74, 6) is 1.76. The van der Waals surface area contributed by atoms with Crippen LogP contribution in [-0.4, -0.2) is 30.8 Å².